The second-order valence-corrected chi connectivity index (χ2v) is 38.9. The maximum absolute atomic E-state index is 13.1. The van der Waals surface area contributed by atoms with Crippen molar-refractivity contribution in [2.75, 3.05) is 38.0 Å². The van der Waals surface area contributed by atoms with Gasteiger partial charge in [0.2, 0.25) is 0 Å². The highest BCUT2D eigenvalue weighted by atomic mass is 19.1. The number of halogens is 1. The molecule has 0 aliphatic rings. The standard InChI is InChI=1S/C13H20.2C12H19N.C12H18.C12H16.2C11H16.C10H13F.C10H13N3/c1-10(2)11-6-8-12(9-7-11)13(3,4)5;1-12(2,3)10-7-6-8-11(9-10)13(4)5;1-12(2,3)10-8-6-7-9-11(10)13(4)5;2*1-12(2,3)10-9-11-7-5-4-6-8-11;1-9-6-5-7-10(8-9)11(2,3)4;1-9-7-5-6-8-10(9)11(2,3)4;1-10(2,3)8-6-4-5-7-9(8)11;1-10(2,3)8-5-4-6-9(7-8)12-13-11/h6-10H,1-5H3;2*6-9H,1-5H3;4-8H,9-10H2,1-3H3;4-10H,1-3H3;2*5-8H,1-4H3;4-7H,1-3H3;4-7H,1-3H3/b;;;;10-9+;;;;. The lowest BCUT2D eigenvalue weighted by molar-refractivity contribution is 0.378. The van der Waals surface area contributed by atoms with Crippen LogP contribution in [0.25, 0.3) is 16.5 Å². The number of rotatable bonds is 7. The molecule has 0 atom stereocenters. The molecule has 594 valence electrons. The summed E-state index contributed by atoms with van der Waals surface area (Å²) in [6, 6.07) is 79.1. The maximum Gasteiger partial charge on any atom is 0.126 e. The Hall–Kier alpha value is -8.44. The van der Waals surface area contributed by atoms with Crippen LogP contribution < -0.4 is 9.80 Å². The third kappa shape index (κ3) is 42.4. The van der Waals surface area contributed by atoms with E-state index in [1.165, 1.54) is 91.5 Å². The molecule has 5 nitrogen and oxygen atoms in total. The number of allylic oxidation sites excluding steroid dienone is 1. The fourth-order valence-corrected chi connectivity index (χ4v) is 10.9. The minimum atomic E-state index is -0.111. The summed E-state index contributed by atoms with van der Waals surface area (Å²) in [6.07, 6.45) is 6.85. The van der Waals surface area contributed by atoms with E-state index in [2.05, 4.69) is 430 Å². The molecule has 0 heterocycles. The highest BCUT2D eigenvalue weighted by Gasteiger charge is 2.21. The fraction of sp³-hybridized carbons (Fsp3) is 0.456. The van der Waals surface area contributed by atoms with Gasteiger partial charge in [0.25, 0.3) is 0 Å². The van der Waals surface area contributed by atoms with E-state index in [1.807, 2.05) is 57.2 Å². The molecule has 0 spiro atoms. The molecule has 0 amide bonds. The van der Waals surface area contributed by atoms with Crippen LogP contribution in [-0.2, 0) is 44.3 Å². The number of benzene rings is 9. The van der Waals surface area contributed by atoms with Crippen LogP contribution in [0.5, 0.6) is 0 Å². The van der Waals surface area contributed by atoms with E-state index >= 15 is 0 Å². The SMILES string of the molecule is CC(C)(C)/C=C/c1ccccc1.CC(C)(C)CCc1ccccc1.CC(C)(C)c1cccc(N=[N+]=[N-])c1.CC(C)(C)c1ccccc1F.CC(C)c1ccc(C(C)(C)C)cc1.CN(C)c1cccc(C(C)(C)C)c1.CN(C)c1ccccc1C(C)(C)C.Cc1cccc(C(C)(C)C)c1.Cc1ccccc1C(C)(C)C. The Balaban J connectivity index is 0.000000614. The molecule has 109 heavy (non-hydrogen) atoms. The molecule has 0 N–H and O–H groups in total. The lowest BCUT2D eigenvalue weighted by Gasteiger charge is -2.26. The van der Waals surface area contributed by atoms with Gasteiger partial charge in [-0.3, -0.25) is 0 Å². The fourth-order valence-electron chi connectivity index (χ4n) is 10.9. The van der Waals surface area contributed by atoms with Gasteiger partial charge in [-0.2, -0.15) is 0 Å². The summed E-state index contributed by atoms with van der Waals surface area (Å²) in [5.41, 5.74) is 29.5. The number of hydrogen-bond donors (Lipinski definition) is 0. The number of para-hydroxylation sites is 1. The van der Waals surface area contributed by atoms with Gasteiger partial charge in [0, 0.05) is 50.2 Å². The molecule has 0 saturated carbocycles. The van der Waals surface area contributed by atoms with Gasteiger partial charge in [0.15, 0.2) is 0 Å². The predicted octanol–water partition coefficient (Wildman–Crippen LogP) is 31.3. The molecular formula is C103H150FN5. The average Bonchev–Trinajstić information content (AvgIpc) is 0.838. The molecule has 0 aliphatic heterocycles. The van der Waals surface area contributed by atoms with Gasteiger partial charge in [-0.1, -0.05) is 424 Å². The zero-order valence-corrected chi connectivity index (χ0v) is 75.2. The Morgan fingerprint density at radius 3 is 1.18 bits per heavy atom. The first-order valence-electron chi connectivity index (χ1n) is 39.4. The third-order valence-electron chi connectivity index (χ3n) is 17.8. The number of azide groups is 1. The Labute approximate surface area is 668 Å². The van der Waals surface area contributed by atoms with Gasteiger partial charge < -0.3 is 9.80 Å². The number of hydrogen-bond acceptors (Lipinski definition) is 3. The first-order valence-corrected chi connectivity index (χ1v) is 39.4. The van der Waals surface area contributed by atoms with E-state index in [-0.39, 0.29) is 49.1 Å². The van der Waals surface area contributed by atoms with E-state index < -0.39 is 0 Å². The van der Waals surface area contributed by atoms with E-state index in [0.717, 1.165) is 5.56 Å². The van der Waals surface area contributed by atoms with Crippen LogP contribution in [0.3, 0.4) is 0 Å². The predicted molar refractivity (Wildman–Crippen MR) is 486 cm³/mol. The van der Waals surface area contributed by atoms with Crippen LogP contribution >= 0.6 is 0 Å². The highest BCUT2D eigenvalue weighted by Crippen LogP contribution is 2.33. The average molecular weight is 1480 g/mol. The second-order valence-electron chi connectivity index (χ2n) is 38.9. The summed E-state index contributed by atoms with van der Waals surface area (Å²) in [5.74, 6) is 0.522. The number of anilines is 2. The van der Waals surface area contributed by atoms with Crippen molar-refractivity contribution in [2.24, 2.45) is 15.9 Å². The number of aryl methyl sites for hydroxylation is 3. The molecule has 0 fully saturated rings. The Morgan fingerprint density at radius 1 is 0.394 bits per heavy atom. The van der Waals surface area contributed by atoms with Gasteiger partial charge in [-0.25, -0.2) is 4.39 Å². The lowest BCUT2D eigenvalue weighted by Crippen LogP contribution is -2.18. The zero-order valence-electron chi connectivity index (χ0n) is 75.2. The van der Waals surface area contributed by atoms with Crippen molar-refractivity contribution in [3.05, 3.63) is 320 Å². The monoisotopic (exact) mass is 1480 g/mol. The van der Waals surface area contributed by atoms with Crippen LogP contribution in [-0.4, -0.2) is 28.2 Å². The summed E-state index contributed by atoms with van der Waals surface area (Å²) in [4.78, 5) is 7.06. The van der Waals surface area contributed by atoms with Gasteiger partial charge in [0.05, 0.1) is 0 Å². The van der Waals surface area contributed by atoms with Crippen LogP contribution in [0.1, 0.15) is 280 Å². The van der Waals surface area contributed by atoms with Crippen molar-refractivity contribution in [1.82, 2.24) is 0 Å². The van der Waals surface area contributed by atoms with Crippen molar-refractivity contribution in [2.45, 2.75) is 271 Å². The summed E-state index contributed by atoms with van der Waals surface area (Å²) in [7, 11) is 8.32. The normalized spacial score (nSPS) is 11.6. The minimum Gasteiger partial charge on any atom is -0.378 e. The van der Waals surface area contributed by atoms with E-state index in [4.69, 9.17) is 5.53 Å². The molecule has 0 aliphatic carbocycles. The van der Waals surface area contributed by atoms with Crippen LogP contribution in [0, 0.1) is 30.5 Å². The van der Waals surface area contributed by atoms with Crippen molar-refractivity contribution < 1.29 is 4.39 Å². The van der Waals surface area contributed by atoms with Crippen LogP contribution in [0.2, 0.25) is 0 Å². The van der Waals surface area contributed by atoms with Crippen LogP contribution in [0.4, 0.5) is 21.5 Å². The Kier molecular flexibility index (Phi) is 40.7. The van der Waals surface area contributed by atoms with Gasteiger partial charge >= 0.3 is 0 Å². The summed E-state index contributed by atoms with van der Waals surface area (Å²) in [5, 5.41) is 3.56. The zero-order chi connectivity index (χ0) is 83.6. The van der Waals surface area contributed by atoms with Gasteiger partial charge in [-0.05, 0) is 178 Å². The maximum atomic E-state index is 13.1. The molecule has 0 unspecified atom stereocenters. The molecular weight excluding hydrogens is 1330 g/mol. The van der Waals surface area contributed by atoms with Crippen molar-refractivity contribution in [3.8, 4) is 0 Å². The summed E-state index contributed by atoms with van der Waals surface area (Å²) >= 11 is 0. The first-order chi connectivity index (χ1) is 50.0. The van der Waals surface area contributed by atoms with Gasteiger partial charge in [0.1, 0.15) is 5.82 Å². The molecule has 0 saturated heterocycles. The van der Waals surface area contributed by atoms with Crippen molar-refractivity contribution >= 4 is 23.1 Å². The van der Waals surface area contributed by atoms with E-state index in [1.54, 1.807) is 12.1 Å². The van der Waals surface area contributed by atoms with E-state index in [9.17, 15) is 4.39 Å². The first kappa shape index (κ1) is 98.6. The molecule has 9 rings (SSSR count). The smallest absolute Gasteiger partial charge is 0.126 e. The van der Waals surface area contributed by atoms with E-state index in [0.29, 0.717) is 17.0 Å². The molecule has 0 aromatic heterocycles. The number of nitrogens with zero attached hydrogens (tertiary/aromatic N) is 5. The topological polar surface area (TPSA) is 55.2 Å². The highest BCUT2D eigenvalue weighted by molar-refractivity contribution is 5.55. The Bertz CT molecular complexity index is 4010. The molecule has 6 heteroatoms. The molecule has 9 aromatic rings. The lowest BCUT2D eigenvalue weighted by atomic mass is 9.84. The summed E-state index contributed by atoms with van der Waals surface area (Å²) < 4.78 is 13.1. The largest absolute Gasteiger partial charge is 0.378 e. The van der Waals surface area contributed by atoms with Gasteiger partial charge in [-0.15, -0.1) is 0 Å². The second kappa shape index (κ2) is 45.0. The quantitative estimate of drug-likeness (QED) is 0.0907. The molecule has 9 aromatic carbocycles. The van der Waals surface area contributed by atoms with Crippen LogP contribution in [0.15, 0.2) is 242 Å². The molecule has 0 bridgehead atoms. The van der Waals surface area contributed by atoms with Crippen molar-refractivity contribution in [3.63, 3.8) is 0 Å². The van der Waals surface area contributed by atoms with Crippen molar-refractivity contribution in [1.29, 1.82) is 0 Å². The third-order valence-corrected chi connectivity index (χ3v) is 17.8. The minimum absolute atomic E-state index is 0.0919. The molecule has 0 radical (unpaired) electrons. The Morgan fingerprint density at radius 2 is 0.807 bits per heavy atom. The summed E-state index contributed by atoms with van der Waals surface area (Å²) in [6.45, 7) is 68.3.